The Morgan fingerprint density at radius 1 is 1.03 bits per heavy atom. The number of fused-ring (bicyclic) bond motifs is 1. The molecule has 0 N–H and O–H groups in total. The van der Waals surface area contributed by atoms with Crippen LogP contribution in [-0.4, -0.2) is 51.4 Å². The molecule has 5 rings (SSSR count). The van der Waals surface area contributed by atoms with Crippen molar-refractivity contribution in [3.05, 3.63) is 78.6 Å². The summed E-state index contributed by atoms with van der Waals surface area (Å²) >= 11 is 0. The molecular formula is C24H24N4O2. The smallest absolute Gasteiger partial charge is 0.270 e. The van der Waals surface area contributed by atoms with E-state index in [1.807, 2.05) is 53.2 Å². The van der Waals surface area contributed by atoms with Gasteiger partial charge in [0.2, 0.25) is 0 Å². The lowest BCUT2D eigenvalue weighted by molar-refractivity contribution is 0.0612. The number of benzene rings is 1. The van der Waals surface area contributed by atoms with Gasteiger partial charge in [-0.1, -0.05) is 12.1 Å². The predicted octanol–water partition coefficient (Wildman–Crippen LogP) is 3.79. The second kappa shape index (κ2) is 7.80. The molecule has 0 bridgehead atoms. The van der Waals surface area contributed by atoms with Crippen molar-refractivity contribution in [2.75, 3.05) is 26.2 Å². The van der Waals surface area contributed by atoms with Gasteiger partial charge in [0.15, 0.2) is 0 Å². The Kier molecular flexibility index (Phi) is 4.85. The molecule has 0 saturated carbocycles. The molecule has 0 unspecified atom stereocenters. The lowest BCUT2D eigenvalue weighted by atomic mass is 10.1. The van der Waals surface area contributed by atoms with Gasteiger partial charge in [-0.3, -0.25) is 14.7 Å². The van der Waals surface area contributed by atoms with Crippen LogP contribution in [0, 0.1) is 0 Å². The van der Waals surface area contributed by atoms with E-state index in [9.17, 15) is 4.79 Å². The van der Waals surface area contributed by atoms with Crippen molar-refractivity contribution in [3.8, 4) is 11.1 Å². The van der Waals surface area contributed by atoms with Crippen LogP contribution in [0.5, 0.6) is 0 Å². The van der Waals surface area contributed by atoms with Gasteiger partial charge in [0.1, 0.15) is 17.0 Å². The lowest BCUT2D eigenvalue weighted by Gasteiger charge is -2.34. The second-order valence-corrected chi connectivity index (χ2v) is 7.78. The number of nitrogens with zero attached hydrogens (tertiary/aromatic N) is 4. The summed E-state index contributed by atoms with van der Waals surface area (Å²) in [7, 11) is 1.91. The summed E-state index contributed by atoms with van der Waals surface area (Å²) in [5.41, 5.74) is 3.87. The van der Waals surface area contributed by atoms with Crippen molar-refractivity contribution in [1.82, 2.24) is 19.4 Å². The van der Waals surface area contributed by atoms with Crippen molar-refractivity contribution >= 4 is 16.9 Å². The van der Waals surface area contributed by atoms with Gasteiger partial charge < -0.3 is 13.9 Å². The Hall–Kier alpha value is -3.38. The average Bonchev–Trinajstić information content (AvgIpc) is 3.39. The molecule has 1 aliphatic rings. The molecule has 3 aromatic heterocycles. The van der Waals surface area contributed by atoms with Crippen LogP contribution in [0.1, 0.15) is 16.2 Å². The van der Waals surface area contributed by atoms with Gasteiger partial charge in [-0.05, 0) is 42.0 Å². The first kappa shape index (κ1) is 18.6. The third-order valence-electron chi connectivity index (χ3n) is 5.76. The molecular weight excluding hydrogens is 376 g/mol. The molecule has 1 saturated heterocycles. The Balaban J connectivity index is 1.24. The van der Waals surface area contributed by atoms with E-state index in [4.69, 9.17) is 4.42 Å². The third kappa shape index (κ3) is 3.62. The normalized spacial score (nSPS) is 15.0. The molecule has 0 atom stereocenters. The number of aryl methyl sites for hydroxylation is 1. The predicted molar refractivity (Wildman–Crippen MR) is 116 cm³/mol. The number of hydrogen-bond donors (Lipinski definition) is 0. The van der Waals surface area contributed by atoms with Crippen molar-refractivity contribution in [2.45, 2.75) is 6.54 Å². The number of pyridine rings is 1. The number of hydrogen-bond acceptors (Lipinski definition) is 4. The molecule has 1 amide bonds. The van der Waals surface area contributed by atoms with Crippen LogP contribution in [0.4, 0.5) is 0 Å². The van der Waals surface area contributed by atoms with Crippen LogP contribution in [-0.2, 0) is 13.6 Å². The fourth-order valence-electron chi connectivity index (χ4n) is 4.06. The highest BCUT2D eigenvalue weighted by molar-refractivity contribution is 5.92. The first-order valence-electron chi connectivity index (χ1n) is 10.2. The Bertz CT molecular complexity index is 1170. The van der Waals surface area contributed by atoms with Gasteiger partial charge in [-0.2, -0.15) is 0 Å². The molecule has 6 nitrogen and oxygen atoms in total. The fourth-order valence-corrected chi connectivity index (χ4v) is 4.06. The average molecular weight is 400 g/mol. The highest BCUT2D eigenvalue weighted by atomic mass is 16.3. The largest absolute Gasteiger partial charge is 0.460 e. The highest BCUT2D eigenvalue weighted by Crippen LogP contribution is 2.27. The van der Waals surface area contributed by atoms with Gasteiger partial charge in [-0.25, -0.2) is 0 Å². The van der Waals surface area contributed by atoms with Crippen LogP contribution in [0.25, 0.3) is 22.1 Å². The summed E-state index contributed by atoms with van der Waals surface area (Å²) in [5.74, 6) is 1.06. The molecule has 6 heteroatoms. The van der Waals surface area contributed by atoms with Gasteiger partial charge in [-0.15, -0.1) is 0 Å². The van der Waals surface area contributed by atoms with Crippen LogP contribution < -0.4 is 0 Å². The van der Waals surface area contributed by atoms with Crippen LogP contribution in [0.15, 0.2) is 71.5 Å². The van der Waals surface area contributed by atoms with Crippen molar-refractivity contribution < 1.29 is 9.21 Å². The molecule has 0 aliphatic carbocycles. The van der Waals surface area contributed by atoms with E-state index in [1.54, 1.807) is 6.20 Å². The number of aromatic nitrogens is 2. The van der Waals surface area contributed by atoms with Crippen LogP contribution >= 0.6 is 0 Å². The molecule has 30 heavy (non-hydrogen) atoms. The highest BCUT2D eigenvalue weighted by Gasteiger charge is 2.24. The summed E-state index contributed by atoms with van der Waals surface area (Å²) < 4.78 is 7.95. The first-order valence-corrected chi connectivity index (χ1v) is 10.2. The zero-order valence-corrected chi connectivity index (χ0v) is 17.0. The second-order valence-electron chi connectivity index (χ2n) is 7.78. The minimum absolute atomic E-state index is 0.105. The maximum absolute atomic E-state index is 12.7. The summed E-state index contributed by atoms with van der Waals surface area (Å²) in [5, 5.41) is 1.10. The number of furan rings is 1. The zero-order valence-electron chi connectivity index (χ0n) is 17.0. The first-order chi connectivity index (χ1) is 14.7. The monoisotopic (exact) mass is 400 g/mol. The minimum atomic E-state index is 0.105. The van der Waals surface area contributed by atoms with Crippen molar-refractivity contribution in [2.24, 2.45) is 7.05 Å². The molecule has 4 aromatic rings. The van der Waals surface area contributed by atoms with E-state index >= 15 is 0 Å². The molecule has 0 spiro atoms. The van der Waals surface area contributed by atoms with Gasteiger partial charge >= 0.3 is 0 Å². The quantitative estimate of drug-likeness (QED) is 0.523. The van der Waals surface area contributed by atoms with E-state index in [0.29, 0.717) is 0 Å². The van der Waals surface area contributed by atoms with Crippen molar-refractivity contribution in [3.63, 3.8) is 0 Å². The summed E-state index contributed by atoms with van der Waals surface area (Å²) in [6.07, 6.45) is 5.56. The van der Waals surface area contributed by atoms with Gasteiger partial charge in [0.05, 0.1) is 6.54 Å². The fraction of sp³-hybridized carbons (Fsp3) is 0.250. The molecule has 4 heterocycles. The molecule has 0 radical (unpaired) electrons. The Morgan fingerprint density at radius 2 is 1.90 bits per heavy atom. The van der Waals surface area contributed by atoms with E-state index < -0.39 is 0 Å². The van der Waals surface area contributed by atoms with E-state index in [0.717, 1.165) is 66.3 Å². The van der Waals surface area contributed by atoms with Crippen molar-refractivity contribution in [1.29, 1.82) is 0 Å². The van der Waals surface area contributed by atoms with Crippen LogP contribution in [0.3, 0.4) is 0 Å². The van der Waals surface area contributed by atoms with E-state index in [2.05, 4.69) is 34.1 Å². The lowest BCUT2D eigenvalue weighted by Crippen LogP contribution is -2.48. The third-order valence-corrected chi connectivity index (χ3v) is 5.76. The van der Waals surface area contributed by atoms with E-state index in [-0.39, 0.29) is 5.91 Å². The number of piperazine rings is 1. The summed E-state index contributed by atoms with van der Waals surface area (Å²) in [6, 6.07) is 16.2. The Morgan fingerprint density at radius 3 is 2.63 bits per heavy atom. The van der Waals surface area contributed by atoms with Gasteiger partial charge in [0.25, 0.3) is 5.91 Å². The zero-order chi connectivity index (χ0) is 20.5. The SMILES string of the molecule is Cn1cccc1C(=O)N1CCN(Cc2cc3cc(-c4cccnc4)ccc3o2)CC1. The number of carbonyl (C=O) groups is 1. The molecule has 1 fully saturated rings. The molecule has 1 aliphatic heterocycles. The van der Waals surface area contributed by atoms with Crippen LogP contribution in [0.2, 0.25) is 0 Å². The topological polar surface area (TPSA) is 54.5 Å². The molecule has 152 valence electrons. The Labute approximate surface area is 175 Å². The number of amides is 1. The minimum Gasteiger partial charge on any atom is -0.460 e. The molecule has 1 aromatic carbocycles. The standard InChI is InChI=1S/C24H24N4O2/c1-26-9-3-5-22(26)24(29)28-12-10-27(11-13-28)17-21-15-20-14-18(6-7-23(20)30-21)19-4-2-8-25-16-19/h2-9,14-16H,10-13,17H2,1H3. The van der Waals surface area contributed by atoms with Gasteiger partial charge in [0, 0.05) is 62.8 Å². The number of carbonyl (C=O) groups excluding carboxylic acids is 1. The summed E-state index contributed by atoms with van der Waals surface area (Å²) in [6.45, 7) is 3.90. The van der Waals surface area contributed by atoms with E-state index in [1.165, 1.54) is 0 Å². The maximum Gasteiger partial charge on any atom is 0.270 e. The number of rotatable bonds is 4. The maximum atomic E-state index is 12.7. The summed E-state index contributed by atoms with van der Waals surface area (Å²) in [4.78, 5) is 21.2.